The number of nitrogen functional groups attached to an aromatic ring is 1. The number of alkyl halides is 3. The Balaban J connectivity index is 0.00000135. The number of aliphatic carboxylic acids is 1. The van der Waals surface area contributed by atoms with Crippen LogP contribution in [0.1, 0.15) is 56.1 Å². The van der Waals surface area contributed by atoms with Gasteiger partial charge >= 0.3 is 12.1 Å². The Morgan fingerprint density at radius 2 is 1.50 bits per heavy atom. The van der Waals surface area contributed by atoms with E-state index in [0.717, 1.165) is 32.1 Å². The van der Waals surface area contributed by atoms with Crippen molar-refractivity contribution in [3.63, 3.8) is 0 Å². The smallest absolute Gasteiger partial charge is 0.475 e. The maximum atomic E-state index is 13.4. The molecule has 46 heavy (non-hydrogen) atoms. The molecule has 256 valence electrons. The minimum absolute atomic E-state index is 0.0791. The Hall–Kier alpha value is -4.90. The standard InChI is InChI=1S/C26H41N9O4.C2HF3O2/c1-32-23(37)18(14-15-9-11-17(12-10-15)21(27)28)24(38)35-20(16-6-3-2-4-7-16)25(39)34-19(22(29)36)8-5-13-33-26(30)31;3-2(4,5)1(6)7/h9-12,16,18-20H,2-8,13-14H2,1H3,(H3,27,28)(H2,29,36)(H,32,37)(H,34,39)(H,35,38)(H4,30,31,33);(H,6,7)/t18?,19-,20-;/m0./s1. The molecule has 1 aromatic carbocycles. The first-order valence-electron chi connectivity index (χ1n) is 14.4. The molecule has 1 aliphatic carbocycles. The Morgan fingerprint density at radius 1 is 0.935 bits per heavy atom. The molecule has 0 heterocycles. The van der Waals surface area contributed by atoms with Gasteiger partial charge in [0.15, 0.2) is 5.96 Å². The number of primary amides is 1. The summed E-state index contributed by atoms with van der Waals surface area (Å²) in [7, 11) is 1.44. The molecule has 2 rings (SSSR count). The number of carbonyl (C=O) groups is 5. The minimum Gasteiger partial charge on any atom is -0.475 e. The van der Waals surface area contributed by atoms with Crippen LogP contribution in [-0.4, -0.2) is 78.4 Å². The number of nitrogens with two attached hydrogens (primary N) is 3. The number of amides is 4. The van der Waals surface area contributed by atoms with Crippen LogP contribution >= 0.6 is 0 Å². The summed E-state index contributed by atoms with van der Waals surface area (Å²) < 4.78 is 31.7. The average Bonchev–Trinajstić information content (AvgIpc) is 2.99. The number of carboxylic acids is 1. The van der Waals surface area contributed by atoms with E-state index in [1.165, 1.54) is 7.05 Å². The number of carboxylic acid groups (broad SMARTS) is 1. The normalized spacial score (nSPS) is 15.0. The highest BCUT2D eigenvalue weighted by Gasteiger charge is 2.38. The summed E-state index contributed by atoms with van der Waals surface area (Å²) in [5.74, 6) is -6.65. The van der Waals surface area contributed by atoms with E-state index in [0.29, 0.717) is 24.1 Å². The molecule has 13 N–H and O–H groups in total. The molecule has 15 nitrogen and oxygen atoms in total. The number of benzene rings is 1. The van der Waals surface area contributed by atoms with E-state index in [2.05, 4.69) is 21.3 Å². The fourth-order valence-electron chi connectivity index (χ4n) is 4.73. The second-order valence-corrected chi connectivity index (χ2v) is 10.6. The first-order valence-corrected chi connectivity index (χ1v) is 14.4. The number of hydrogen-bond acceptors (Lipinski definition) is 7. The number of rotatable bonds is 14. The Morgan fingerprint density at radius 3 is 1.96 bits per heavy atom. The zero-order chi connectivity index (χ0) is 35.0. The molecule has 1 aliphatic rings. The molecule has 0 aliphatic heterocycles. The number of hydrogen-bond donors (Lipinski definition) is 10. The van der Waals surface area contributed by atoms with Crippen LogP contribution in [0.2, 0.25) is 0 Å². The van der Waals surface area contributed by atoms with Crippen molar-refractivity contribution in [2.75, 3.05) is 13.6 Å². The van der Waals surface area contributed by atoms with E-state index in [4.69, 9.17) is 37.9 Å². The van der Waals surface area contributed by atoms with Crippen LogP contribution in [0.5, 0.6) is 0 Å². The third-order valence-electron chi connectivity index (χ3n) is 7.17. The SMILES string of the molecule is CNC(=O)C(Cc1ccc(C(=N)N)cc1)C(=O)N[C@H](C(=O)N[C@@H](CCCNC(=N)N)C(N)=O)C1CCCCC1.O=C(O)C(F)(F)F. The molecule has 1 unspecified atom stereocenters. The summed E-state index contributed by atoms with van der Waals surface area (Å²) in [5, 5.41) is 32.5. The lowest BCUT2D eigenvalue weighted by atomic mass is 9.83. The van der Waals surface area contributed by atoms with E-state index >= 15 is 0 Å². The van der Waals surface area contributed by atoms with Crippen molar-refractivity contribution in [1.29, 1.82) is 10.8 Å². The van der Waals surface area contributed by atoms with Crippen LogP contribution in [0.4, 0.5) is 13.2 Å². The summed E-state index contributed by atoms with van der Waals surface area (Å²) in [6, 6.07) is 4.77. The number of carbonyl (C=O) groups excluding carboxylic acids is 4. The highest BCUT2D eigenvalue weighted by Crippen LogP contribution is 2.27. The highest BCUT2D eigenvalue weighted by atomic mass is 19.4. The largest absolute Gasteiger partial charge is 0.490 e. The van der Waals surface area contributed by atoms with Gasteiger partial charge in [-0.15, -0.1) is 0 Å². The third kappa shape index (κ3) is 13.8. The minimum atomic E-state index is -5.08. The maximum Gasteiger partial charge on any atom is 0.490 e. The predicted molar refractivity (Wildman–Crippen MR) is 161 cm³/mol. The lowest BCUT2D eigenvalue weighted by Gasteiger charge is -2.32. The predicted octanol–water partition coefficient (Wildman–Crippen LogP) is -0.193. The van der Waals surface area contributed by atoms with Crippen molar-refractivity contribution in [3.05, 3.63) is 35.4 Å². The van der Waals surface area contributed by atoms with Crippen molar-refractivity contribution in [2.24, 2.45) is 29.0 Å². The molecule has 1 aromatic rings. The molecule has 1 saturated carbocycles. The summed E-state index contributed by atoms with van der Waals surface area (Å²) in [5.41, 5.74) is 17.5. The molecule has 0 saturated heterocycles. The molecular weight excluding hydrogens is 615 g/mol. The Kier molecular flexibility index (Phi) is 16.0. The second-order valence-electron chi connectivity index (χ2n) is 10.6. The third-order valence-corrected chi connectivity index (χ3v) is 7.17. The molecule has 0 bridgehead atoms. The van der Waals surface area contributed by atoms with Crippen LogP contribution in [0.15, 0.2) is 24.3 Å². The quantitative estimate of drug-likeness (QED) is 0.0548. The van der Waals surface area contributed by atoms with Gasteiger partial charge in [0.2, 0.25) is 23.6 Å². The van der Waals surface area contributed by atoms with Gasteiger partial charge in [-0.05, 0) is 43.6 Å². The van der Waals surface area contributed by atoms with Gasteiger partial charge in [0.1, 0.15) is 23.8 Å². The monoisotopic (exact) mass is 657 g/mol. The first kappa shape index (κ1) is 39.1. The van der Waals surface area contributed by atoms with Gasteiger partial charge in [-0.3, -0.25) is 30.0 Å². The van der Waals surface area contributed by atoms with Crippen LogP contribution in [0, 0.1) is 22.7 Å². The lowest BCUT2D eigenvalue weighted by Crippen LogP contribution is -2.57. The number of amidine groups is 1. The van der Waals surface area contributed by atoms with Gasteiger partial charge in [-0.1, -0.05) is 43.5 Å². The van der Waals surface area contributed by atoms with Gasteiger partial charge in [0.25, 0.3) is 0 Å². The van der Waals surface area contributed by atoms with Crippen molar-refractivity contribution in [2.45, 2.75) is 69.6 Å². The number of guanidine groups is 1. The first-order chi connectivity index (χ1) is 21.5. The van der Waals surface area contributed by atoms with Crippen molar-refractivity contribution >= 4 is 41.4 Å². The zero-order valence-electron chi connectivity index (χ0n) is 25.3. The fourth-order valence-corrected chi connectivity index (χ4v) is 4.73. The van der Waals surface area contributed by atoms with E-state index < -0.39 is 53.8 Å². The lowest BCUT2D eigenvalue weighted by molar-refractivity contribution is -0.192. The molecule has 1 fully saturated rings. The highest BCUT2D eigenvalue weighted by molar-refractivity contribution is 6.02. The molecule has 3 atom stereocenters. The van der Waals surface area contributed by atoms with E-state index in [1.54, 1.807) is 24.3 Å². The molecule has 0 spiro atoms. The second kappa shape index (κ2) is 18.8. The molecule has 4 amide bonds. The summed E-state index contributed by atoms with van der Waals surface area (Å²) in [6.45, 7) is 0.332. The summed E-state index contributed by atoms with van der Waals surface area (Å²) in [4.78, 5) is 60.5. The van der Waals surface area contributed by atoms with E-state index in [-0.39, 0.29) is 30.6 Å². The maximum absolute atomic E-state index is 13.4. The van der Waals surface area contributed by atoms with E-state index in [9.17, 15) is 32.3 Å². The zero-order valence-corrected chi connectivity index (χ0v) is 25.3. The Bertz CT molecular complexity index is 1240. The van der Waals surface area contributed by atoms with Crippen LogP contribution in [0.25, 0.3) is 0 Å². The van der Waals surface area contributed by atoms with Gasteiger partial charge < -0.3 is 43.6 Å². The molecular formula is C28H42F3N9O6. The van der Waals surface area contributed by atoms with Gasteiger partial charge in [-0.25, -0.2) is 4.79 Å². The number of nitrogens with one attached hydrogen (secondary N) is 6. The van der Waals surface area contributed by atoms with Crippen molar-refractivity contribution in [3.8, 4) is 0 Å². The van der Waals surface area contributed by atoms with Crippen LogP contribution < -0.4 is 38.5 Å². The summed E-state index contributed by atoms with van der Waals surface area (Å²) >= 11 is 0. The van der Waals surface area contributed by atoms with Crippen molar-refractivity contribution in [1.82, 2.24) is 21.3 Å². The molecule has 0 aromatic heterocycles. The topological polar surface area (TPSA) is 279 Å². The van der Waals surface area contributed by atoms with Crippen molar-refractivity contribution < 1.29 is 42.3 Å². The Labute approximate surface area is 263 Å². The van der Waals surface area contributed by atoms with Gasteiger partial charge in [-0.2, -0.15) is 13.2 Å². The molecule has 0 radical (unpaired) electrons. The van der Waals surface area contributed by atoms with Crippen LogP contribution in [-0.2, 0) is 30.4 Å². The van der Waals surface area contributed by atoms with Gasteiger partial charge in [0, 0.05) is 19.2 Å². The van der Waals surface area contributed by atoms with Gasteiger partial charge in [0.05, 0.1) is 0 Å². The number of halogens is 3. The van der Waals surface area contributed by atoms with E-state index in [1.807, 2.05) is 0 Å². The fraction of sp³-hybridized carbons (Fsp3) is 0.536. The van der Waals surface area contributed by atoms with Crippen LogP contribution in [0.3, 0.4) is 0 Å². The average molecular weight is 658 g/mol. The molecule has 18 heteroatoms. The summed E-state index contributed by atoms with van der Waals surface area (Å²) in [6.07, 6.45) is -0.0699.